The van der Waals surface area contributed by atoms with Gasteiger partial charge in [-0.1, -0.05) is 53.9 Å². The molecule has 1 fully saturated rings. The van der Waals surface area contributed by atoms with E-state index in [4.69, 9.17) is 10.7 Å². The van der Waals surface area contributed by atoms with Gasteiger partial charge in [-0.2, -0.15) is 0 Å². The molecule has 1 saturated carbocycles. The summed E-state index contributed by atoms with van der Waals surface area (Å²) in [6.07, 6.45) is 7.50. The van der Waals surface area contributed by atoms with Gasteiger partial charge in [-0.25, -0.2) is 4.98 Å². The molecule has 0 spiro atoms. The molecular weight excluding hydrogens is 258 g/mol. The molecule has 0 bridgehead atoms. The summed E-state index contributed by atoms with van der Waals surface area (Å²) in [5.74, 6) is 3.55. The highest BCUT2D eigenvalue weighted by Crippen LogP contribution is 2.39. The summed E-state index contributed by atoms with van der Waals surface area (Å²) in [6, 6.07) is 0. The van der Waals surface area contributed by atoms with Crippen LogP contribution < -0.4 is 5.73 Å². The molecule has 0 radical (unpaired) electrons. The van der Waals surface area contributed by atoms with E-state index in [1.165, 1.54) is 50.0 Å². The molecule has 0 atom stereocenters. The normalized spacial score (nSPS) is 23.5. The molecule has 3 nitrogen and oxygen atoms in total. The Bertz CT molecular complexity index is 460. The first-order valence-corrected chi connectivity index (χ1v) is 8.71. The van der Waals surface area contributed by atoms with E-state index < -0.39 is 0 Å². The number of hydrogen-bond acceptors (Lipinski definition) is 2. The Labute approximate surface area is 130 Å². The number of nitrogens with two attached hydrogens (primary N) is 1. The lowest BCUT2D eigenvalue weighted by molar-refractivity contribution is 0.344. The highest BCUT2D eigenvalue weighted by molar-refractivity contribution is 5.42. The van der Waals surface area contributed by atoms with E-state index in [0.717, 1.165) is 18.3 Å². The Morgan fingerprint density at radius 1 is 1.19 bits per heavy atom. The van der Waals surface area contributed by atoms with Crippen LogP contribution in [-0.2, 0) is 12.0 Å². The van der Waals surface area contributed by atoms with Crippen LogP contribution in [0.5, 0.6) is 0 Å². The number of anilines is 1. The molecular formula is C18H33N3. The van der Waals surface area contributed by atoms with Crippen molar-refractivity contribution in [2.45, 2.75) is 91.0 Å². The smallest absolute Gasteiger partial charge is 0.127 e. The van der Waals surface area contributed by atoms with Crippen molar-refractivity contribution in [1.29, 1.82) is 0 Å². The molecule has 0 saturated heterocycles. The van der Waals surface area contributed by atoms with Crippen LogP contribution >= 0.6 is 0 Å². The van der Waals surface area contributed by atoms with Crippen molar-refractivity contribution >= 4 is 5.82 Å². The van der Waals surface area contributed by atoms with E-state index >= 15 is 0 Å². The third kappa shape index (κ3) is 3.61. The highest BCUT2D eigenvalue weighted by Gasteiger charge is 2.29. The zero-order valence-electron chi connectivity index (χ0n) is 14.6. The maximum Gasteiger partial charge on any atom is 0.127 e. The summed E-state index contributed by atoms with van der Waals surface area (Å²) in [7, 11) is 0. The second-order valence-electron chi connectivity index (χ2n) is 7.92. The molecule has 1 aliphatic carbocycles. The van der Waals surface area contributed by atoms with Gasteiger partial charge in [0.1, 0.15) is 11.6 Å². The quantitative estimate of drug-likeness (QED) is 0.861. The van der Waals surface area contributed by atoms with Crippen LogP contribution in [0.25, 0.3) is 0 Å². The summed E-state index contributed by atoms with van der Waals surface area (Å²) in [4.78, 5) is 5.02. The molecule has 2 rings (SSSR count). The van der Waals surface area contributed by atoms with Gasteiger partial charge >= 0.3 is 0 Å². The number of aromatic nitrogens is 2. The molecule has 1 aliphatic rings. The maximum atomic E-state index is 6.51. The Morgan fingerprint density at radius 2 is 1.81 bits per heavy atom. The van der Waals surface area contributed by atoms with Gasteiger partial charge in [0, 0.05) is 17.9 Å². The van der Waals surface area contributed by atoms with Crippen LogP contribution in [0.15, 0.2) is 0 Å². The van der Waals surface area contributed by atoms with Crippen molar-refractivity contribution in [2.75, 3.05) is 5.73 Å². The van der Waals surface area contributed by atoms with Gasteiger partial charge in [0.25, 0.3) is 0 Å². The van der Waals surface area contributed by atoms with Crippen LogP contribution in [0.4, 0.5) is 5.82 Å². The van der Waals surface area contributed by atoms with Crippen LogP contribution in [0, 0.1) is 5.92 Å². The summed E-state index contributed by atoms with van der Waals surface area (Å²) >= 11 is 0. The first-order chi connectivity index (χ1) is 9.84. The first-order valence-electron chi connectivity index (χ1n) is 8.71. The molecule has 2 N–H and O–H groups in total. The van der Waals surface area contributed by atoms with Crippen molar-refractivity contribution in [1.82, 2.24) is 9.55 Å². The zero-order valence-corrected chi connectivity index (χ0v) is 14.6. The van der Waals surface area contributed by atoms with Gasteiger partial charge in [-0.05, 0) is 25.2 Å². The van der Waals surface area contributed by atoms with Crippen LogP contribution in [0.3, 0.4) is 0 Å². The summed E-state index contributed by atoms with van der Waals surface area (Å²) in [5, 5.41) is 0. The van der Waals surface area contributed by atoms with E-state index in [2.05, 4.69) is 39.2 Å². The Morgan fingerprint density at radius 3 is 2.33 bits per heavy atom. The van der Waals surface area contributed by atoms with Crippen LogP contribution in [-0.4, -0.2) is 9.55 Å². The molecule has 0 unspecified atom stereocenters. The fraction of sp³-hybridized carbons (Fsp3) is 0.833. The Balaban J connectivity index is 2.32. The molecule has 3 heteroatoms. The highest BCUT2D eigenvalue weighted by atomic mass is 15.2. The van der Waals surface area contributed by atoms with Crippen molar-refractivity contribution in [3.63, 3.8) is 0 Å². The number of hydrogen-bond donors (Lipinski definition) is 1. The minimum atomic E-state index is 0.0576. The molecule has 0 aromatic carbocycles. The first kappa shape index (κ1) is 16.4. The Hall–Kier alpha value is -0.990. The third-order valence-corrected chi connectivity index (χ3v) is 4.84. The minimum Gasteiger partial charge on any atom is -0.384 e. The lowest BCUT2D eigenvalue weighted by atomic mass is 9.81. The lowest BCUT2D eigenvalue weighted by Gasteiger charge is -2.25. The Kier molecular flexibility index (Phi) is 5.00. The van der Waals surface area contributed by atoms with Gasteiger partial charge in [-0.15, -0.1) is 0 Å². The number of unbranched alkanes of at least 4 members (excludes halogenated alkanes) is 1. The predicted octanol–water partition coefficient (Wildman–Crippen LogP) is 4.86. The number of rotatable bonds is 4. The van der Waals surface area contributed by atoms with Crippen molar-refractivity contribution in [3.05, 3.63) is 11.5 Å². The van der Waals surface area contributed by atoms with Crippen molar-refractivity contribution in [3.8, 4) is 0 Å². The second kappa shape index (κ2) is 6.41. The van der Waals surface area contributed by atoms with Crippen molar-refractivity contribution < 1.29 is 0 Å². The number of nitrogens with zero attached hydrogens (tertiary/aromatic N) is 2. The van der Waals surface area contributed by atoms with Gasteiger partial charge in [-0.3, -0.25) is 0 Å². The SMILES string of the molecule is CCCCn1c(C(C)(C)C)nc(C2CCC(C)CC2)c1N. The van der Waals surface area contributed by atoms with E-state index in [-0.39, 0.29) is 5.41 Å². The largest absolute Gasteiger partial charge is 0.384 e. The molecule has 0 aliphatic heterocycles. The van der Waals surface area contributed by atoms with Crippen LogP contribution in [0.2, 0.25) is 0 Å². The van der Waals surface area contributed by atoms with Crippen LogP contribution in [0.1, 0.15) is 90.6 Å². The van der Waals surface area contributed by atoms with Crippen molar-refractivity contribution in [2.24, 2.45) is 5.92 Å². The lowest BCUT2D eigenvalue weighted by Crippen LogP contribution is -2.20. The summed E-state index contributed by atoms with van der Waals surface area (Å²) < 4.78 is 2.29. The van der Waals surface area contributed by atoms with Gasteiger partial charge in [0.2, 0.25) is 0 Å². The topological polar surface area (TPSA) is 43.8 Å². The maximum absolute atomic E-state index is 6.51. The van der Waals surface area contributed by atoms with Gasteiger partial charge < -0.3 is 10.3 Å². The predicted molar refractivity (Wildman–Crippen MR) is 90.6 cm³/mol. The standard InChI is InChI=1S/C18H33N3/c1-6-7-12-21-16(19)15(20-17(21)18(3,4)5)14-10-8-13(2)9-11-14/h13-14H,6-12,19H2,1-5H3. The number of imidazole rings is 1. The van der Waals surface area contributed by atoms with Gasteiger partial charge in [0.15, 0.2) is 0 Å². The molecule has 1 aromatic rings. The summed E-state index contributed by atoms with van der Waals surface area (Å²) in [5.41, 5.74) is 7.75. The molecule has 120 valence electrons. The fourth-order valence-corrected chi connectivity index (χ4v) is 3.43. The average Bonchev–Trinajstić information content (AvgIpc) is 2.74. The molecule has 1 aromatic heterocycles. The van der Waals surface area contributed by atoms with E-state index in [0.29, 0.717) is 5.92 Å². The minimum absolute atomic E-state index is 0.0576. The molecule has 21 heavy (non-hydrogen) atoms. The zero-order chi connectivity index (χ0) is 15.6. The average molecular weight is 291 g/mol. The van der Waals surface area contributed by atoms with E-state index in [9.17, 15) is 0 Å². The second-order valence-corrected chi connectivity index (χ2v) is 7.92. The molecule has 0 amide bonds. The van der Waals surface area contributed by atoms with Gasteiger partial charge in [0.05, 0.1) is 5.69 Å². The molecule has 1 heterocycles. The monoisotopic (exact) mass is 291 g/mol. The third-order valence-electron chi connectivity index (χ3n) is 4.84. The summed E-state index contributed by atoms with van der Waals surface area (Å²) in [6.45, 7) is 12.3. The fourth-order valence-electron chi connectivity index (χ4n) is 3.43. The van der Waals surface area contributed by atoms with E-state index in [1.807, 2.05) is 0 Å². The number of nitrogen functional groups attached to an aromatic ring is 1. The van der Waals surface area contributed by atoms with E-state index in [1.54, 1.807) is 0 Å².